The molecule has 39 heavy (non-hydrogen) atoms. The van der Waals surface area contributed by atoms with Crippen molar-refractivity contribution in [3.05, 3.63) is 59.8 Å². The van der Waals surface area contributed by atoms with Crippen molar-refractivity contribution in [1.82, 2.24) is 13.4 Å². The van der Waals surface area contributed by atoms with Gasteiger partial charge in [0.2, 0.25) is 10.0 Å². The summed E-state index contributed by atoms with van der Waals surface area (Å²) in [4.78, 5) is 12.4. The molecule has 1 unspecified atom stereocenters. The highest BCUT2D eigenvalue weighted by Gasteiger charge is 2.49. The van der Waals surface area contributed by atoms with E-state index in [9.17, 15) is 34.8 Å². The van der Waals surface area contributed by atoms with E-state index in [1.807, 2.05) is 21.1 Å². The summed E-state index contributed by atoms with van der Waals surface area (Å²) in [7, 11) is -2.49. The number of quaternary nitrogens is 1. The Morgan fingerprint density at radius 1 is 1.05 bits per heavy atom. The number of rotatable bonds is 7. The third-order valence-electron chi connectivity index (χ3n) is 6.92. The molecule has 1 aliphatic rings. The minimum atomic E-state index is -6.09. The zero-order valence-electron chi connectivity index (χ0n) is 21.8. The second kappa shape index (κ2) is 9.91. The number of likely N-dealkylation sites (N-methyl/N-ethyl adjacent to an activating group) is 1. The number of hydrogen-bond acceptors (Lipinski definition) is 6. The molecule has 0 aliphatic heterocycles. The summed E-state index contributed by atoms with van der Waals surface area (Å²) in [5.74, 6) is -1.57. The van der Waals surface area contributed by atoms with E-state index < -0.39 is 44.2 Å². The lowest BCUT2D eigenvalue weighted by Gasteiger charge is -2.31. The zero-order valence-corrected chi connectivity index (χ0v) is 23.4. The number of aromatic nitrogens is 1. The topological polar surface area (TPSA) is 103 Å². The van der Waals surface area contributed by atoms with Gasteiger partial charge in [0.15, 0.2) is 0 Å². The van der Waals surface area contributed by atoms with Crippen LogP contribution < -0.4 is 4.48 Å². The van der Waals surface area contributed by atoms with Gasteiger partial charge in [-0.25, -0.2) is 13.2 Å². The Labute approximate surface area is 225 Å². The van der Waals surface area contributed by atoms with Crippen molar-refractivity contribution >= 4 is 42.7 Å². The van der Waals surface area contributed by atoms with Gasteiger partial charge in [-0.05, 0) is 43.0 Å². The Morgan fingerprint density at radius 3 is 2.26 bits per heavy atom. The van der Waals surface area contributed by atoms with Crippen LogP contribution in [0.15, 0.2) is 53.4 Å². The smallest absolute Gasteiger partial charge is 0.337 e. The monoisotopic (exact) mass is 588 g/mol. The molecule has 212 valence electrons. The Morgan fingerprint density at radius 2 is 1.67 bits per heavy atom. The number of fused-ring (bicyclic) bond motifs is 3. The first-order valence-electron chi connectivity index (χ1n) is 12.0. The molecular formula is C25H29F3N3O6S2+. The number of carbonyl (C=O) groups is 1. The van der Waals surface area contributed by atoms with Gasteiger partial charge in [-0.15, -0.1) is 0 Å². The fourth-order valence-electron chi connectivity index (χ4n) is 4.83. The minimum Gasteiger partial charge on any atom is -0.337 e. The molecule has 0 amide bonds. The van der Waals surface area contributed by atoms with Gasteiger partial charge in [0, 0.05) is 41.8 Å². The van der Waals surface area contributed by atoms with Crippen molar-refractivity contribution in [2.24, 2.45) is 0 Å². The Balaban J connectivity index is 1.62. The molecule has 0 N–H and O–H groups in total. The normalized spacial score (nSPS) is 16.9. The van der Waals surface area contributed by atoms with E-state index >= 15 is 0 Å². The molecule has 2 aromatic carbocycles. The highest BCUT2D eigenvalue weighted by Crippen LogP contribution is 2.35. The number of carbonyl (C=O) groups excluding carboxylic acids is 1. The van der Waals surface area contributed by atoms with Crippen LogP contribution in [0.1, 0.15) is 17.7 Å². The molecule has 1 aliphatic carbocycles. The van der Waals surface area contributed by atoms with E-state index in [4.69, 9.17) is 0 Å². The average Bonchev–Trinajstić information content (AvgIpc) is 3.15. The molecule has 9 nitrogen and oxygen atoms in total. The van der Waals surface area contributed by atoms with Crippen LogP contribution in [0.4, 0.5) is 18.9 Å². The molecule has 0 fully saturated rings. The van der Waals surface area contributed by atoms with Gasteiger partial charge in [-0.2, -0.15) is 25.9 Å². The highest BCUT2D eigenvalue weighted by atomic mass is 32.2. The number of halogens is 3. The molecule has 1 heterocycles. The molecular weight excluding hydrogens is 559 g/mol. The van der Waals surface area contributed by atoms with Gasteiger partial charge in [0.05, 0.1) is 26.0 Å². The fraction of sp³-hybridized carbons (Fsp3) is 0.400. The standard InChI is InChI=1S/C25H29F3N3O6S2/c1-29(38(33,34)19-12-10-18(11-13-19)31(2,3)4)17-9-14-23-21(15-17)20-7-5-6-8-22(20)30(23)16-24(32)37-39(35,36)25(26,27)28/h5-8,10-13,17H,9,14-16H2,1-4H3/q+1. The molecule has 1 atom stereocenters. The van der Waals surface area contributed by atoms with Gasteiger partial charge < -0.3 is 8.75 Å². The van der Waals surface area contributed by atoms with Crippen LogP contribution in [-0.2, 0) is 48.5 Å². The first-order valence-corrected chi connectivity index (χ1v) is 14.8. The van der Waals surface area contributed by atoms with Crippen molar-refractivity contribution in [3.8, 4) is 0 Å². The molecule has 0 radical (unpaired) electrons. The number of hydrogen-bond donors (Lipinski definition) is 0. The van der Waals surface area contributed by atoms with Gasteiger partial charge in [-0.1, -0.05) is 18.2 Å². The number of benzene rings is 2. The molecule has 3 aromatic rings. The second-order valence-corrected chi connectivity index (χ2v) is 13.8. The van der Waals surface area contributed by atoms with Crippen LogP contribution in [0.5, 0.6) is 0 Å². The largest absolute Gasteiger partial charge is 0.534 e. The first kappa shape index (κ1) is 29.1. The predicted molar refractivity (Wildman–Crippen MR) is 140 cm³/mol. The maximum atomic E-state index is 13.4. The lowest BCUT2D eigenvalue weighted by molar-refractivity contribution is -0.136. The SMILES string of the molecule is CN(C1CCc2c(c3ccccc3n2CC(=O)OS(=O)(=O)C(F)(F)F)C1)S(=O)(=O)c1ccc([N+](C)(C)C)cc1. The lowest BCUT2D eigenvalue weighted by atomic mass is 9.91. The Kier molecular flexibility index (Phi) is 7.38. The highest BCUT2D eigenvalue weighted by molar-refractivity contribution is 7.89. The maximum absolute atomic E-state index is 13.4. The molecule has 0 saturated carbocycles. The van der Waals surface area contributed by atoms with Crippen LogP contribution in [0.2, 0.25) is 0 Å². The summed E-state index contributed by atoms with van der Waals surface area (Å²) in [6.45, 7) is -0.747. The summed E-state index contributed by atoms with van der Waals surface area (Å²) < 4.78 is 94.6. The van der Waals surface area contributed by atoms with Crippen LogP contribution in [0.25, 0.3) is 10.9 Å². The summed E-state index contributed by atoms with van der Waals surface area (Å²) >= 11 is 0. The third kappa shape index (κ3) is 5.55. The van der Waals surface area contributed by atoms with Crippen LogP contribution in [0, 0.1) is 0 Å². The zero-order chi connectivity index (χ0) is 29.0. The summed E-state index contributed by atoms with van der Waals surface area (Å²) in [6.07, 6.45) is 0.992. The van der Waals surface area contributed by atoms with E-state index in [1.165, 1.54) is 15.9 Å². The van der Waals surface area contributed by atoms with E-state index in [2.05, 4.69) is 4.18 Å². The van der Waals surface area contributed by atoms with Crippen LogP contribution >= 0.6 is 0 Å². The van der Waals surface area contributed by atoms with Crippen LogP contribution in [0.3, 0.4) is 0 Å². The Hall–Kier alpha value is -2.94. The fourth-order valence-corrected chi connectivity index (χ4v) is 6.60. The molecule has 0 saturated heterocycles. The van der Waals surface area contributed by atoms with Crippen LogP contribution in [-0.4, -0.2) is 71.4 Å². The van der Waals surface area contributed by atoms with Gasteiger partial charge >= 0.3 is 21.6 Å². The number of sulfonamides is 1. The molecule has 4 rings (SSSR count). The molecule has 0 spiro atoms. The maximum Gasteiger partial charge on any atom is 0.534 e. The van der Waals surface area contributed by atoms with Crippen molar-refractivity contribution in [2.45, 2.75) is 42.3 Å². The predicted octanol–water partition coefficient (Wildman–Crippen LogP) is 3.41. The quantitative estimate of drug-likeness (QED) is 0.238. The van der Waals surface area contributed by atoms with Crippen molar-refractivity contribution < 1.29 is 39.0 Å². The second-order valence-electron chi connectivity index (χ2n) is 10.3. The van der Waals surface area contributed by atoms with Gasteiger partial charge in [0.1, 0.15) is 12.2 Å². The van der Waals surface area contributed by atoms with Gasteiger partial charge in [0.25, 0.3) is 0 Å². The first-order chi connectivity index (χ1) is 17.9. The summed E-state index contributed by atoms with van der Waals surface area (Å²) in [5.41, 5.74) is -2.92. The van der Waals surface area contributed by atoms with Gasteiger partial charge in [-0.3, -0.25) is 4.48 Å². The minimum absolute atomic E-state index is 0.157. The third-order valence-corrected chi connectivity index (χ3v) is 9.82. The van der Waals surface area contributed by atoms with E-state index in [1.54, 1.807) is 48.5 Å². The van der Waals surface area contributed by atoms with Crippen molar-refractivity contribution in [3.63, 3.8) is 0 Å². The van der Waals surface area contributed by atoms with Crippen molar-refractivity contribution in [1.29, 1.82) is 0 Å². The molecule has 14 heteroatoms. The number of para-hydroxylation sites is 1. The molecule has 1 aromatic heterocycles. The van der Waals surface area contributed by atoms with E-state index in [-0.39, 0.29) is 4.90 Å². The Bertz CT molecular complexity index is 1620. The summed E-state index contributed by atoms with van der Waals surface area (Å²) in [6, 6.07) is 13.1. The lowest BCUT2D eigenvalue weighted by Crippen LogP contribution is -2.41. The summed E-state index contributed by atoms with van der Waals surface area (Å²) in [5, 5.41) is 0.696. The number of alkyl halides is 3. The van der Waals surface area contributed by atoms with Crippen molar-refractivity contribution in [2.75, 3.05) is 28.2 Å². The number of nitrogens with zero attached hydrogens (tertiary/aromatic N) is 3. The van der Waals surface area contributed by atoms with E-state index in [0.29, 0.717) is 40.3 Å². The molecule has 0 bridgehead atoms. The average molecular weight is 589 g/mol. The van der Waals surface area contributed by atoms with E-state index in [0.717, 1.165) is 11.3 Å².